The smallest absolute Gasteiger partial charge is 0.243 e. The summed E-state index contributed by atoms with van der Waals surface area (Å²) in [5, 5.41) is 3.00. The molecule has 0 aromatic heterocycles. The number of hydrogen-bond acceptors (Lipinski definition) is 5. The molecule has 4 rings (SSSR count). The molecule has 184 valence electrons. The van der Waals surface area contributed by atoms with Crippen molar-refractivity contribution in [3.8, 4) is 5.75 Å². The maximum absolute atomic E-state index is 13.2. The molecule has 0 saturated carbocycles. The van der Waals surface area contributed by atoms with Gasteiger partial charge < -0.3 is 14.8 Å². The number of sulfonamides is 1. The maximum Gasteiger partial charge on any atom is 0.243 e. The molecule has 1 amide bonds. The molecule has 1 fully saturated rings. The van der Waals surface area contributed by atoms with Crippen LogP contribution in [0, 0.1) is 5.92 Å². The van der Waals surface area contributed by atoms with Gasteiger partial charge in [-0.25, -0.2) is 8.42 Å². The van der Waals surface area contributed by atoms with Crippen LogP contribution >= 0.6 is 0 Å². The zero-order valence-electron chi connectivity index (χ0n) is 19.8. The molecular formula is C26H34N2O5S. The number of hydrogen-bond donors (Lipinski definition) is 1. The molecule has 1 aliphatic heterocycles. The second-order valence-electron chi connectivity index (χ2n) is 9.02. The molecule has 8 heteroatoms. The van der Waals surface area contributed by atoms with Crippen LogP contribution < -0.4 is 10.1 Å². The summed E-state index contributed by atoms with van der Waals surface area (Å²) in [6.07, 6.45) is 5.31. The van der Waals surface area contributed by atoms with Gasteiger partial charge in [0.05, 0.1) is 11.5 Å². The van der Waals surface area contributed by atoms with Crippen molar-refractivity contribution in [3.05, 3.63) is 59.2 Å². The fraction of sp³-hybridized carbons (Fsp3) is 0.500. The van der Waals surface area contributed by atoms with Crippen LogP contribution in [-0.2, 0) is 38.9 Å². The average molecular weight is 487 g/mol. The van der Waals surface area contributed by atoms with E-state index >= 15 is 0 Å². The predicted molar refractivity (Wildman–Crippen MR) is 130 cm³/mol. The van der Waals surface area contributed by atoms with Crippen LogP contribution in [0.25, 0.3) is 0 Å². The van der Waals surface area contributed by atoms with Gasteiger partial charge in [0.2, 0.25) is 15.9 Å². The number of benzene rings is 2. The Labute approximate surface area is 202 Å². The number of carbonyl (C=O) groups excluding carboxylic acids is 1. The van der Waals surface area contributed by atoms with Gasteiger partial charge in [0.1, 0.15) is 12.4 Å². The molecule has 34 heavy (non-hydrogen) atoms. The Hall–Kier alpha value is -2.42. The number of nitrogens with one attached hydrogen (secondary N) is 1. The number of fused-ring (bicyclic) bond motifs is 1. The first-order chi connectivity index (χ1) is 16.5. The monoisotopic (exact) mass is 486 g/mol. The molecule has 2 aromatic rings. The number of nitrogens with zero attached hydrogens (tertiary/aromatic N) is 1. The zero-order chi connectivity index (χ0) is 24.0. The summed E-state index contributed by atoms with van der Waals surface area (Å²) in [4.78, 5) is 13.1. The number of piperidine rings is 1. The van der Waals surface area contributed by atoms with Gasteiger partial charge in [-0.2, -0.15) is 4.31 Å². The summed E-state index contributed by atoms with van der Waals surface area (Å²) in [6.45, 7) is 2.12. The Morgan fingerprint density at radius 2 is 1.79 bits per heavy atom. The highest BCUT2D eigenvalue weighted by Gasteiger charge is 2.32. The summed E-state index contributed by atoms with van der Waals surface area (Å²) in [5.41, 5.74) is 3.39. The van der Waals surface area contributed by atoms with E-state index in [4.69, 9.17) is 9.47 Å². The molecule has 2 aromatic carbocycles. The van der Waals surface area contributed by atoms with Gasteiger partial charge in [-0.15, -0.1) is 0 Å². The number of amides is 1. The van der Waals surface area contributed by atoms with Gasteiger partial charge in [-0.05, 0) is 79.5 Å². The van der Waals surface area contributed by atoms with Crippen LogP contribution in [0.1, 0.15) is 42.4 Å². The van der Waals surface area contributed by atoms with Crippen molar-refractivity contribution in [2.45, 2.75) is 50.0 Å². The zero-order valence-corrected chi connectivity index (χ0v) is 20.6. The van der Waals surface area contributed by atoms with Gasteiger partial charge in [-0.1, -0.05) is 18.2 Å². The number of carbonyl (C=O) groups is 1. The van der Waals surface area contributed by atoms with Crippen LogP contribution in [0.5, 0.6) is 5.75 Å². The first-order valence-electron chi connectivity index (χ1n) is 12.1. The van der Waals surface area contributed by atoms with E-state index in [1.807, 2.05) is 36.4 Å². The number of methoxy groups -OCH3 is 1. The lowest BCUT2D eigenvalue weighted by Gasteiger charge is -2.31. The lowest BCUT2D eigenvalue weighted by molar-refractivity contribution is -0.126. The largest absolute Gasteiger partial charge is 0.491 e. The number of aryl methyl sites for hydroxylation is 2. The van der Waals surface area contributed by atoms with Gasteiger partial charge in [-0.3, -0.25) is 4.79 Å². The van der Waals surface area contributed by atoms with Gasteiger partial charge >= 0.3 is 0 Å². The van der Waals surface area contributed by atoms with Crippen molar-refractivity contribution < 1.29 is 22.7 Å². The Balaban J connectivity index is 1.29. The molecule has 1 N–H and O–H groups in total. The second-order valence-corrected chi connectivity index (χ2v) is 11.0. The highest BCUT2D eigenvalue weighted by Crippen LogP contribution is 2.28. The lowest BCUT2D eigenvalue weighted by atomic mass is 9.92. The third-order valence-corrected chi connectivity index (χ3v) is 8.60. The van der Waals surface area contributed by atoms with E-state index < -0.39 is 10.0 Å². The Kier molecular flexibility index (Phi) is 8.24. The molecule has 7 nitrogen and oxygen atoms in total. The van der Waals surface area contributed by atoms with Crippen LogP contribution in [0.2, 0.25) is 0 Å². The Morgan fingerprint density at radius 3 is 2.56 bits per heavy atom. The molecule has 1 saturated heterocycles. The molecule has 2 aliphatic rings. The minimum Gasteiger partial charge on any atom is -0.491 e. The minimum absolute atomic E-state index is 0.0310. The molecule has 1 aliphatic carbocycles. The van der Waals surface area contributed by atoms with Gasteiger partial charge in [0.15, 0.2) is 0 Å². The van der Waals surface area contributed by atoms with E-state index in [0.717, 1.165) is 36.1 Å². The molecule has 0 bridgehead atoms. The standard InChI is InChI=1S/C26H34N2O5S/c1-32-15-16-33-24-8-4-5-20(17-24)19-27-26(29)22-11-13-28(14-12-22)34(30,31)25-10-9-21-6-2-3-7-23(21)18-25/h4-5,8-10,17-18,22H,2-3,6-7,11-16,19H2,1H3,(H,27,29). The summed E-state index contributed by atoms with van der Waals surface area (Å²) in [7, 11) is -1.91. The van der Waals surface area contributed by atoms with Crippen molar-refractivity contribution in [3.63, 3.8) is 0 Å². The van der Waals surface area contributed by atoms with Crippen molar-refractivity contribution in [1.82, 2.24) is 9.62 Å². The fourth-order valence-electron chi connectivity index (χ4n) is 4.70. The highest BCUT2D eigenvalue weighted by atomic mass is 32.2. The van der Waals surface area contributed by atoms with Crippen molar-refractivity contribution in [1.29, 1.82) is 0 Å². The van der Waals surface area contributed by atoms with Crippen molar-refractivity contribution in [2.75, 3.05) is 33.4 Å². The summed E-state index contributed by atoms with van der Waals surface area (Å²) in [5.74, 6) is 0.525. The molecule has 0 spiro atoms. The quantitative estimate of drug-likeness (QED) is 0.550. The SMILES string of the molecule is COCCOc1cccc(CNC(=O)C2CCN(S(=O)(=O)c3ccc4c(c3)CCCC4)CC2)c1. The molecule has 0 radical (unpaired) electrons. The maximum atomic E-state index is 13.2. The van der Waals surface area contributed by atoms with Crippen molar-refractivity contribution in [2.24, 2.45) is 5.92 Å². The van der Waals surface area contributed by atoms with Crippen LogP contribution in [-0.4, -0.2) is 52.0 Å². The predicted octanol–water partition coefficient (Wildman–Crippen LogP) is 3.31. The van der Waals surface area contributed by atoms with Crippen LogP contribution in [0.15, 0.2) is 47.4 Å². The first kappa shape index (κ1) is 24.7. The van der Waals surface area contributed by atoms with E-state index in [1.165, 1.54) is 16.3 Å². The average Bonchev–Trinajstić information content (AvgIpc) is 2.87. The third-order valence-electron chi connectivity index (χ3n) is 6.70. The van der Waals surface area contributed by atoms with E-state index in [2.05, 4.69) is 5.32 Å². The third kappa shape index (κ3) is 5.98. The Bertz CT molecular complexity index is 1090. The summed E-state index contributed by atoms with van der Waals surface area (Å²) in [6, 6.07) is 13.2. The topological polar surface area (TPSA) is 84.9 Å². The highest BCUT2D eigenvalue weighted by molar-refractivity contribution is 7.89. The first-order valence-corrected chi connectivity index (χ1v) is 13.5. The number of ether oxygens (including phenoxy) is 2. The minimum atomic E-state index is -3.54. The number of rotatable bonds is 9. The fourth-order valence-corrected chi connectivity index (χ4v) is 6.22. The molecule has 1 heterocycles. The van der Waals surface area contributed by atoms with Gasteiger partial charge in [0, 0.05) is 32.7 Å². The van der Waals surface area contributed by atoms with E-state index in [-0.39, 0.29) is 11.8 Å². The second kappa shape index (κ2) is 11.3. The van der Waals surface area contributed by atoms with Crippen LogP contribution in [0.4, 0.5) is 0 Å². The lowest BCUT2D eigenvalue weighted by Crippen LogP contribution is -2.42. The van der Waals surface area contributed by atoms with Gasteiger partial charge in [0.25, 0.3) is 0 Å². The summed E-state index contributed by atoms with van der Waals surface area (Å²) >= 11 is 0. The molecular weight excluding hydrogens is 452 g/mol. The Morgan fingerprint density at radius 1 is 1.03 bits per heavy atom. The van der Waals surface area contributed by atoms with E-state index in [1.54, 1.807) is 13.2 Å². The molecule has 0 atom stereocenters. The summed E-state index contributed by atoms with van der Waals surface area (Å²) < 4.78 is 38.5. The van der Waals surface area contributed by atoms with Crippen LogP contribution in [0.3, 0.4) is 0 Å². The molecule has 0 unspecified atom stereocenters. The normalized spacial score (nSPS) is 17.2. The van der Waals surface area contributed by atoms with Crippen molar-refractivity contribution >= 4 is 15.9 Å². The van der Waals surface area contributed by atoms with E-state index in [9.17, 15) is 13.2 Å². The van der Waals surface area contributed by atoms with E-state index in [0.29, 0.717) is 50.6 Å².